The average Bonchev–Trinajstić information content (AvgIpc) is 2.46. The van der Waals surface area contributed by atoms with Crippen LogP contribution >= 0.6 is 0 Å². The van der Waals surface area contributed by atoms with E-state index in [2.05, 4.69) is 49.2 Å². The summed E-state index contributed by atoms with van der Waals surface area (Å²) in [7, 11) is 0. The highest BCUT2D eigenvalue weighted by molar-refractivity contribution is 5.60. The molecule has 1 atom stereocenters. The number of hydrogen-bond donors (Lipinski definition) is 1. The van der Waals surface area contributed by atoms with E-state index in [-0.39, 0.29) is 0 Å². The predicted molar refractivity (Wildman–Crippen MR) is 88.3 cm³/mol. The van der Waals surface area contributed by atoms with Crippen LogP contribution in [0.15, 0.2) is 18.2 Å². The molecule has 21 heavy (non-hydrogen) atoms. The molecule has 0 aliphatic carbocycles. The molecule has 2 rings (SSSR count). The maximum Gasteiger partial charge on any atom is 0.101 e. The molecule has 1 aliphatic heterocycles. The van der Waals surface area contributed by atoms with Gasteiger partial charge >= 0.3 is 0 Å². The molecule has 1 saturated heterocycles. The first-order chi connectivity index (χ1) is 10.1. The summed E-state index contributed by atoms with van der Waals surface area (Å²) in [4.78, 5) is 2.37. The molecule has 114 valence electrons. The topological polar surface area (TPSA) is 39.1 Å². The van der Waals surface area contributed by atoms with Crippen LogP contribution in [0.4, 0.5) is 5.69 Å². The SMILES string of the molecule is CC(C)CNCc1ccc(N2CCCC(C)C2)c(C#N)c1. The van der Waals surface area contributed by atoms with Crippen molar-refractivity contribution in [2.24, 2.45) is 11.8 Å². The van der Waals surface area contributed by atoms with Crippen molar-refractivity contribution in [2.75, 3.05) is 24.5 Å². The third-order valence-electron chi connectivity index (χ3n) is 4.06. The van der Waals surface area contributed by atoms with Crippen LogP contribution in [-0.2, 0) is 6.54 Å². The van der Waals surface area contributed by atoms with Crippen LogP contribution in [0.2, 0.25) is 0 Å². The van der Waals surface area contributed by atoms with E-state index >= 15 is 0 Å². The van der Waals surface area contributed by atoms with Gasteiger partial charge in [-0.25, -0.2) is 0 Å². The van der Waals surface area contributed by atoms with Gasteiger partial charge in [-0.15, -0.1) is 0 Å². The number of piperidine rings is 1. The van der Waals surface area contributed by atoms with Gasteiger partial charge < -0.3 is 10.2 Å². The summed E-state index contributed by atoms with van der Waals surface area (Å²) in [6.45, 7) is 10.7. The number of hydrogen-bond acceptors (Lipinski definition) is 3. The third-order valence-corrected chi connectivity index (χ3v) is 4.06. The molecule has 0 bridgehead atoms. The highest BCUT2D eigenvalue weighted by Gasteiger charge is 2.19. The fraction of sp³-hybridized carbons (Fsp3) is 0.611. The van der Waals surface area contributed by atoms with Gasteiger partial charge in [0.25, 0.3) is 0 Å². The molecule has 1 aliphatic rings. The van der Waals surface area contributed by atoms with E-state index in [1.54, 1.807) is 0 Å². The number of nitrogens with zero attached hydrogens (tertiary/aromatic N) is 2. The van der Waals surface area contributed by atoms with Crippen molar-refractivity contribution >= 4 is 5.69 Å². The monoisotopic (exact) mass is 285 g/mol. The van der Waals surface area contributed by atoms with Gasteiger partial charge in [-0.3, -0.25) is 0 Å². The minimum absolute atomic E-state index is 0.648. The zero-order chi connectivity index (χ0) is 15.2. The van der Waals surface area contributed by atoms with E-state index in [1.807, 2.05) is 6.07 Å². The van der Waals surface area contributed by atoms with E-state index in [4.69, 9.17) is 0 Å². The molecule has 1 aromatic rings. The Morgan fingerprint density at radius 2 is 2.24 bits per heavy atom. The summed E-state index contributed by atoms with van der Waals surface area (Å²) in [5, 5.41) is 12.9. The average molecular weight is 285 g/mol. The van der Waals surface area contributed by atoms with Crippen molar-refractivity contribution in [3.8, 4) is 6.07 Å². The fourth-order valence-electron chi connectivity index (χ4n) is 2.97. The Labute approximate surface area is 129 Å². The van der Waals surface area contributed by atoms with Gasteiger partial charge in [-0.05, 0) is 48.9 Å². The molecule has 1 N–H and O–H groups in total. The van der Waals surface area contributed by atoms with Crippen molar-refractivity contribution in [2.45, 2.75) is 40.2 Å². The molecule has 0 aromatic heterocycles. The molecule has 0 radical (unpaired) electrons. The number of nitriles is 1. The molecular weight excluding hydrogens is 258 g/mol. The maximum absolute atomic E-state index is 9.46. The lowest BCUT2D eigenvalue weighted by Gasteiger charge is -2.33. The Morgan fingerprint density at radius 1 is 1.43 bits per heavy atom. The van der Waals surface area contributed by atoms with Gasteiger partial charge in [0.05, 0.1) is 11.3 Å². The molecule has 3 nitrogen and oxygen atoms in total. The van der Waals surface area contributed by atoms with Crippen LogP contribution in [0.25, 0.3) is 0 Å². The Morgan fingerprint density at radius 3 is 2.90 bits per heavy atom. The number of rotatable bonds is 5. The van der Waals surface area contributed by atoms with E-state index in [9.17, 15) is 5.26 Å². The highest BCUT2D eigenvalue weighted by Crippen LogP contribution is 2.26. The summed E-state index contributed by atoms with van der Waals surface area (Å²) in [5.74, 6) is 1.37. The summed E-state index contributed by atoms with van der Waals surface area (Å²) in [6, 6.07) is 8.70. The fourth-order valence-corrected chi connectivity index (χ4v) is 2.97. The Kier molecular flexibility index (Phi) is 5.64. The molecule has 3 heteroatoms. The number of anilines is 1. The van der Waals surface area contributed by atoms with E-state index in [0.29, 0.717) is 5.92 Å². The molecule has 0 spiro atoms. The zero-order valence-corrected chi connectivity index (χ0v) is 13.5. The summed E-state index contributed by atoms with van der Waals surface area (Å²) >= 11 is 0. The first-order valence-corrected chi connectivity index (χ1v) is 8.09. The van der Waals surface area contributed by atoms with Crippen molar-refractivity contribution in [1.82, 2.24) is 5.32 Å². The van der Waals surface area contributed by atoms with Crippen molar-refractivity contribution < 1.29 is 0 Å². The lowest BCUT2D eigenvalue weighted by Crippen LogP contribution is -2.34. The second-order valence-corrected chi connectivity index (χ2v) is 6.68. The van der Waals surface area contributed by atoms with Crippen LogP contribution < -0.4 is 10.2 Å². The predicted octanol–water partition coefficient (Wildman–Crippen LogP) is 3.54. The Bertz CT molecular complexity index is 502. The second kappa shape index (κ2) is 7.47. The first-order valence-electron chi connectivity index (χ1n) is 8.09. The zero-order valence-electron chi connectivity index (χ0n) is 13.5. The van der Waals surface area contributed by atoms with Gasteiger partial charge in [-0.1, -0.05) is 26.8 Å². The van der Waals surface area contributed by atoms with Crippen molar-refractivity contribution in [1.29, 1.82) is 5.26 Å². The molecule has 0 amide bonds. The van der Waals surface area contributed by atoms with Crippen molar-refractivity contribution in [3.05, 3.63) is 29.3 Å². The smallest absolute Gasteiger partial charge is 0.101 e. The third kappa shape index (κ3) is 4.47. The Balaban J connectivity index is 2.07. The lowest BCUT2D eigenvalue weighted by atomic mass is 9.98. The van der Waals surface area contributed by atoms with Gasteiger partial charge in [0.15, 0.2) is 0 Å². The van der Waals surface area contributed by atoms with Crippen LogP contribution in [0.3, 0.4) is 0 Å². The summed E-state index contributed by atoms with van der Waals surface area (Å²) in [6.07, 6.45) is 2.53. The van der Waals surface area contributed by atoms with Gasteiger partial charge in [-0.2, -0.15) is 5.26 Å². The van der Waals surface area contributed by atoms with E-state index in [1.165, 1.54) is 18.4 Å². The van der Waals surface area contributed by atoms with Crippen LogP contribution in [-0.4, -0.2) is 19.6 Å². The number of nitrogens with one attached hydrogen (secondary N) is 1. The van der Waals surface area contributed by atoms with Gasteiger partial charge in [0.1, 0.15) is 6.07 Å². The van der Waals surface area contributed by atoms with Crippen LogP contribution in [0.5, 0.6) is 0 Å². The standard InChI is InChI=1S/C18H27N3/c1-14(2)11-20-12-16-6-7-18(17(9-16)10-19)21-8-4-5-15(3)13-21/h6-7,9,14-15,20H,4-5,8,11-13H2,1-3H3. The van der Waals surface area contributed by atoms with E-state index < -0.39 is 0 Å². The molecular formula is C18H27N3. The van der Waals surface area contributed by atoms with Crippen LogP contribution in [0.1, 0.15) is 44.7 Å². The molecule has 0 saturated carbocycles. The van der Waals surface area contributed by atoms with Gasteiger partial charge in [0, 0.05) is 19.6 Å². The summed E-state index contributed by atoms with van der Waals surface area (Å²) < 4.78 is 0. The molecule has 1 heterocycles. The van der Waals surface area contributed by atoms with Crippen molar-refractivity contribution in [3.63, 3.8) is 0 Å². The number of benzene rings is 1. The van der Waals surface area contributed by atoms with Gasteiger partial charge in [0.2, 0.25) is 0 Å². The van der Waals surface area contributed by atoms with Crippen LogP contribution in [0, 0.1) is 23.2 Å². The first kappa shape index (κ1) is 15.9. The molecule has 1 unspecified atom stereocenters. The molecule has 1 fully saturated rings. The lowest BCUT2D eigenvalue weighted by molar-refractivity contribution is 0.446. The highest BCUT2D eigenvalue weighted by atomic mass is 15.1. The minimum atomic E-state index is 0.648. The normalized spacial score (nSPS) is 18.8. The maximum atomic E-state index is 9.46. The molecule has 1 aromatic carbocycles. The minimum Gasteiger partial charge on any atom is -0.370 e. The Hall–Kier alpha value is -1.53. The second-order valence-electron chi connectivity index (χ2n) is 6.68. The quantitative estimate of drug-likeness (QED) is 0.899. The van der Waals surface area contributed by atoms with E-state index in [0.717, 1.165) is 43.3 Å². The largest absolute Gasteiger partial charge is 0.370 e. The summed E-state index contributed by atoms with van der Waals surface area (Å²) in [5.41, 5.74) is 3.12.